The van der Waals surface area contributed by atoms with Gasteiger partial charge in [0.25, 0.3) is 11.8 Å². The number of hydrogen-bond donors (Lipinski definition) is 3. The van der Waals surface area contributed by atoms with Crippen molar-refractivity contribution >= 4 is 40.9 Å². The molecule has 3 N–H and O–H groups in total. The van der Waals surface area contributed by atoms with Crippen molar-refractivity contribution in [1.82, 2.24) is 25.2 Å². The molecule has 0 saturated heterocycles. The highest BCUT2D eigenvalue weighted by Gasteiger charge is 2.29. The highest BCUT2D eigenvalue weighted by Crippen LogP contribution is 2.34. The second kappa shape index (κ2) is 13.5. The number of benzene rings is 2. The quantitative estimate of drug-likeness (QED) is 0.183. The molecule has 13 nitrogen and oxygen atoms in total. The zero-order valence-electron chi connectivity index (χ0n) is 24.2. The highest BCUT2D eigenvalue weighted by atomic mass is 16.7. The fraction of sp³-hybridized carbons (Fsp3) is 0.267. The summed E-state index contributed by atoms with van der Waals surface area (Å²) in [4.78, 5) is 57.2. The summed E-state index contributed by atoms with van der Waals surface area (Å²) in [5, 5.41) is 19.2. The number of amides is 3. The number of nitrogens with zero attached hydrogens (tertiary/aromatic N) is 4. The van der Waals surface area contributed by atoms with Crippen LogP contribution in [0.4, 0.5) is 16.3 Å². The molecule has 4 aromatic rings. The van der Waals surface area contributed by atoms with E-state index in [4.69, 9.17) is 9.47 Å². The van der Waals surface area contributed by atoms with Gasteiger partial charge in [0.05, 0.1) is 16.8 Å². The van der Waals surface area contributed by atoms with Crippen molar-refractivity contribution in [2.45, 2.75) is 34.1 Å². The number of rotatable bonds is 10. The summed E-state index contributed by atoms with van der Waals surface area (Å²) >= 11 is 0. The Balaban J connectivity index is 1.75. The summed E-state index contributed by atoms with van der Waals surface area (Å²) in [6.45, 7) is 7.33. The topological polar surface area (TPSA) is 164 Å². The van der Waals surface area contributed by atoms with Crippen molar-refractivity contribution in [2.75, 3.05) is 24.8 Å². The maximum Gasteiger partial charge on any atom is 0.423 e. The number of phenolic OH excluding ortho intramolecular Hbond substituents is 1. The molecule has 2 aromatic heterocycles. The molecule has 0 bridgehead atoms. The normalized spacial score (nSPS) is 10.7. The van der Waals surface area contributed by atoms with Crippen molar-refractivity contribution in [3.05, 3.63) is 82.8 Å². The van der Waals surface area contributed by atoms with Gasteiger partial charge in [-0.2, -0.15) is 5.10 Å². The van der Waals surface area contributed by atoms with Crippen LogP contribution in [-0.4, -0.2) is 63.5 Å². The number of carbonyl (C=O) groups is 4. The van der Waals surface area contributed by atoms with Gasteiger partial charge in [0.2, 0.25) is 6.79 Å². The van der Waals surface area contributed by atoms with E-state index in [1.807, 2.05) is 6.92 Å². The first-order chi connectivity index (χ1) is 20.7. The van der Waals surface area contributed by atoms with E-state index in [0.717, 1.165) is 11.3 Å². The molecule has 0 saturated carbocycles. The van der Waals surface area contributed by atoms with Crippen LogP contribution in [-0.2, 0) is 9.47 Å². The van der Waals surface area contributed by atoms with Crippen LogP contribution in [0.25, 0.3) is 5.52 Å². The first-order valence-corrected chi connectivity index (χ1v) is 13.6. The van der Waals surface area contributed by atoms with Gasteiger partial charge in [-0.3, -0.25) is 9.59 Å². The minimum absolute atomic E-state index is 0.0215. The minimum Gasteiger partial charge on any atom is -0.508 e. The number of aromatic hydroxyl groups is 1. The Morgan fingerprint density at radius 1 is 0.953 bits per heavy atom. The van der Waals surface area contributed by atoms with E-state index in [2.05, 4.69) is 20.7 Å². The van der Waals surface area contributed by atoms with E-state index in [9.17, 15) is 24.3 Å². The molecule has 3 amide bonds. The predicted octanol–water partition coefficient (Wildman–Crippen LogP) is 4.03. The fourth-order valence-electron chi connectivity index (χ4n) is 4.30. The standard InChI is InChI=1S/C30H32N6O7/c1-5-13-32-27(38)21-8-7-18(3)24(14-21)36(30(41)43-17-42-29(40)20-9-11-22(37)12-10-20)26-25-19(4)23(28(39)31-6-2)15-35(25)34-16-33-26/h7-12,14-16,37H,5-6,13,17H2,1-4H3,(H,31,39)(H,32,38). The van der Waals surface area contributed by atoms with Crippen LogP contribution in [0.3, 0.4) is 0 Å². The Hall–Kier alpha value is -5.46. The second-order valence-corrected chi connectivity index (χ2v) is 9.50. The molecule has 2 aromatic carbocycles. The maximum absolute atomic E-state index is 13.7. The fourth-order valence-corrected chi connectivity index (χ4v) is 4.30. The van der Waals surface area contributed by atoms with Gasteiger partial charge in [-0.15, -0.1) is 0 Å². The molecule has 0 fully saturated rings. The smallest absolute Gasteiger partial charge is 0.423 e. The molecule has 224 valence electrons. The minimum atomic E-state index is -0.964. The molecule has 43 heavy (non-hydrogen) atoms. The predicted molar refractivity (Wildman–Crippen MR) is 157 cm³/mol. The second-order valence-electron chi connectivity index (χ2n) is 9.50. The summed E-state index contributed by atoms with van der Waals surface area (Å²) in [7, 11) is 0. The van der Waals surface area contributed by atoms with E-state index in [1.54, 1.807) is 32.9 Å². The van der Waals surface area contributed by atoms with E-state index >= 15 is 0 Å². The van der Waals surface area contributed by atoms with Gasteiger partial charge in [-0.25, -0.2) is 24.0 Å². The van der Waals surface area contributed by atoms with Crippen molar-refractivity contribution in [2.24, 2.45) is 0 Å². The van der Waals surface area contributed by atoms with Crippen LogP contribution in [0.15, 0.2) is 55.0 Å². The van der Waals surface area contributed by atoms with Crippen molar-refractivity contribution in [3.63, 3.8) is 0 Å². The molecular weight excluding hydrogens is 556 g/mol. The van der Waals surface area contributed by atoms with Gasteiger partial charge < -0.3 is 25.2 Å². The summed E-state index contributed by atoms with van der Waals surface area (Å²) < 4.78 is 11.9. The van der Waals surface area contributed by atoms with Crippen LogP contribution < -0.4 is 15.5 Å². The van der Waals surface area contributed by atoms with Gasteiger partial charge in [-0.05, 0) is 74.7 Å². The molecule has 0 aliphatic carbocycles. The van der Waals surface area contributed by atoms with Crippen LogP contribution >= 0.6 is 0 Å². The Morgan fingerprint density at radius 2 is 1.67 bits per heavy atom. The molecule has 0 spiro atoms. The summed E-state index contributed by atoms with van der Waals surface area (Å²) in [6.07, 6.45) is 2.53. The van der Waals surface area contributed by atoms with Gasteiger partial charge in [-0.1, -0.05) is 13.0 Å². The van der Waals surface area contributed by atoms with Crippen LogP contribution in [0, 0.1) is 13.8 Å². The highest BCUT2D eigenvalue weighted by molar-refractivity contribution is 6.05. The molecule has 4 rings (SSSR count). The Labute approximate surface area is 247 Å². The van der Waals surface area contributed by atoms with E-state index in [0.29, 0.717) is 40.9 Å². The number of anilines is 2. The molecule has 0 atom stereocenters. The number of aromatic nitrogens is 3. The number of nitrogens with one attached hydrogen (secondary N) is 2. The third-order valence-corrected chi connectivity index (χ3v) is 6.51. The zero-order valence-corrected chi connectivity index (χ0v) is 24.2. The number of hydrogen-bond acceptors (Lipinski definition) is 9. The number of fused-ring (bicyclic) bond motifs is 1. The van der Waals surface area contributed by atoms with Gasteiger partial charge >= 0.3 is 12.1 Å². The Kier molecular flexibility index (Phi) is 9.55. The lowest BCUT2D eigenvalue weighted by molar-refractivity contribution is -0.0000732. The number of phenols is 1. The third-order valence-electron chi connectivity index (χ3n) is 6.51. The lowest BCUT2D eigenvalue weighted by Crippen LogP contribution is -2.31. The first kappa shape index (κ1) is 30.5. The van der Waals surface area contributed by atoms with Crippen molar-refractivity contribution in [1.29, 1.82) is 0 Å². The lowest BCUT2D eigenvalue weighted by atomic mass is 10.1. The number of esters is 1. The molecule has 0 unspecified atom stereocenters. The number of aryl methyl sites for hydroxylation is 2. The van der Waals surface area contributed by atoms with Crippen LogP contribution in [0.2, 0.25) is 0 Å². The number of ether oxygens (including phenoxy) is 2. The lowest BCUT2D eigenvalue weighted by Gasteiger charge is -2.24. The third kappa shape index (κ3) is 6.72. The molecule has 0 aliphatic rings. The largest absolute Gasteiger partial charge is 0.508 e. The van der Waals surface area contributed by atoms with Crippen LogP contribution in [0.5, 0.6) is 5.75 Å². The molecular formula is C30H32N6O7. The SMILES string of the molecule is CCCNC(=O)c1ccc(C)c(N(C(=O)OCOC(=O)c2ccc(O)cc2)c2ncnn3cc(C(=O)NCC)c(C)c23)c1. The average molecular weight is 589 g/mol. The summed E-state index contributed by atoms with van der Waals surface area (Å²) in [5.74, 6) is -1.37. The summed E-state index contributed by atoms with van der Waals surface area (Å²) in [5.41, 5.74) is 2.52. The molecule has 13 heteroatoms. The van der Waals surface area contributed by atoms with Crippen LogP contribution in [0.1, 0.15) is 62.5 Å². The molecule has 0 aliphatic heterocycles. The number of carbonyl (C=O) groups excluding carboxylic acids is 4. The van der Waals surface area contributed by atoms with E-state index in [-0.39, 0.29) is 34.6 Å². The van der Waals surface area contributed by atoms with Gasteiger partial charge in [0.1, 0.15) is 17.6 Å². The Bertz CT molecular complexity index is 1670. The monoisotopic (exact) mass is 588 g/mol. The van der Waals surface area contributed by atoms with E-state index in [1.165, 1.54) is 47.4 Å². The van der Waals surface area contributed by atoms with Crippen molar-refractivity contribution in [3.8, 4) is 5.75 Å². The summed E-state index contributed by atoms with van der Waals surface area (Å²) in [6, 6.07) is 10.2. The van der Waals surface area contributed by atoms with E-state index < -0.39 is 18.9 Å². The first-order valence-electron chi connectivity index (χ1n) is 13.6. The molecule has 2 heterocycles. The zero-order chi connectivity index (χ0) is 31.1. The average Bonchev–Trinajstić information content (AvgIpc) is 3.34. The molecule has 0 radical (unpaired) electrons. The maximum atomic E-state index is 13.7. The van der Waals surface area contributed by atoms with Gasteiger partial charge in [0.15, 0.2) is 5.82 Å². The van der Waals surface area contributed by atoms with Gasteiger partial charge in [0, 0.05) is 24.8 Å². The van der Waals surface area contributed by atoms with Crippen molar-refractivity contribution < 1.29 is 33.8 Å². The Morgan fingerprint density at radius 3 is 2.37 bits per heavy atom.